The summed E-state index contributed by atoms with van der Waals surface area (Å²) >= 11 is 0. The first-order valence-corrected chi connectivity index (χ1v) is 10.6. The average Bonchev–Trinajstić information content (AvgIpc) is 2.42. The van der Waals surface area contributed by atoms with Gasteiger partial charge in [0, 0.05) is 39.3 Å². The molecule has 3 unspecified atom stereocenters. The van der Waals surface area contributed by atoms with Crippen LogP contribution in [0.15, 0.2) is 0 Å². The van der Waals surface area contributed by atoms with E-state index in [-0.39, 0.29) is 18.9 Å². The topological polar surface area (TPSA) is 122 Å². The lowest BCUT2D eigenvalue weighted by Gasteiger charge is -2.18. The van der Waals surface area contributed by atoms with Gasteiger partial charge in [0.15, 0.2) is 0 Å². The second-order valence-corrected chi connectivity index (χ2v) is 7.80. The molecule has 0 bridgehead atoms. The Morgan fingerprint density at radius 3 is 0.905 bits per heavy atom. The van der Waals surface area contributed by atoms with Crippen LogP contribution >= 0.6 is 24.1 Å². The molecule has 0 saturated carbocycles. The van der Waals surface area contributed by atoms with Crippen molar-refractivity contribution < 1.29 is 28.4 Å². The Labute approximate surface area is 126 Å². The van der Waals surface area contributed by atoms with Gasteiger partial charge in [-0.2, -0.15) is 14.7 Å². The van der Waals surface area contributed by atoms with Crippen molar-refractivity contribution in [3.63, 3.8) is 0 Å². The predicted molar refractivity (Wildman–Crippen MR) is 78.8 cm³/mol. The zero-order valence-corrected chi connectivity index (χ0v) is 14.3. The van der Waals surface area contributed by atoms with E-state index < -0.39 is 24.1 Å². The molecule has 0 amide bonds. The molecule has 1 aliphatic heterocycles. The molecule has 1 saturated heterocycles. The van der Waals surface area contributed by atoms with E-state index in [9.17, 15) is 13.7 Å². The van der Waals surface area contributed by atoms with E-state index in [1.54, 1.807) is 14.7 Å². The first-order valence-electron chi connectivity index (χ1n) is 6.44. The van der Waals surface area contributed by atoms with Crippen molar-refractivity contribution in [3.05, 3.63) is 0 Å². The third kappa shape index (κ3) is 8.94. The molecule has 0 spiro atoms. The summed E-state index contributed by atoms with van der Waals surface area (Å²) < 4.78 is 32.9. The van der Waals surface area contributed by atoms with Crippen LogP contribution in [-0.4, -0.2) is 87.5 Å². The lowest BCUT2D eigenvalue weighted by Crippen LogP contribution is -2.35. The smallest absolute Gasteiger partial charge is 0.257 e. The van der Waals surface area contributed by atoms with Crippen molar-refractivity contribution in [2.45, 2.75) is 0 Å². The quantitative estimate of drug-likeness (QED) is 0.561. The second-order valence-electron chi connectivity index (χ2n) is 4.83. The third-order valence-electron chi connectivity index (χ3n) is 3.16. The molecule has 21 heavy (non-hydrogen) atoms. The molecule has 120 valence electrons. The Kier molecular flexibility index (Phi) is 9.06. The first kappa shape index (κ1) is 19.1. The van der Waals surface area contributed by atoms with Crippen LogP contribution < -0.4 is 0 Å². The highest BCUT2D eigenvalue weighted by atomic mass is 31.1. The van der Waals surface area contributed by atoms with E-state index in [1.807, 2.05) is 0 Å². The molecule has 3 atom stereocenters. The fraction of sp³-hybridized carbons (Fsp3) is 1.00. The lowest BCUT2D eigenvalue weighted by atomic mass is 10.5. The molecule has 1 fully saturated rings. The molecule has 1 heterocycles. The van der Waals surface area contributed by atoms with Gasteiger partial charge < -0.3 is 0 Å². The fourth-order valence-corrected chi connectivity index (χ4v) is 4.00. The van der Waals surface area contributed by atoms with Crippen LogP contribution in [0.25, 0.3) is 0 Å². The molecule has 3 N–H and O–H groups in total. The molecule has 9 nitrogen and oxygen atoms in total. The molecular weight excluding hydrogens is 339 g/mol. The minimum atomic E-state index is -2.29. The standard InChI is InChI=1S/C9H18N3O6P3/c13-19(14)7-10-1-2-11(8-20(15)16)5-6-12(4-3-10)9-21(17)18/h1-9H2/p+3. The van der Waals surface area contributed by atoms with Crippen molar-refractivity contribution in [1.82, 2.24) is 14.7 Å². The molecule has 0 radical (unpaired) electrons. The molecule has 0 aromatic heterocycles. The molecule has 0 aliphatic carbocycles. The van der Waals surface area contributed by atoms with Crippen LogP contribution in [-0.2, 0) is 13.7 Å². The summed E-state index contributed by atoms with van der Waals surface area (Å²) in [4.78, 5) is 32.5. The van der Waals surface area contributed by atoms with Gasteiger partial charge in [-0.1, -0.05) is 0 Å². The Bertz CT molecular complexity index is 330. The summed E-state index contributed by atoms with van der Waals surface area (Å²) in [6.07, 6.45) is 0.106. The summed E-state index contributed by atoms with van der Waals surface area (Å²) in [7, 11) is -6.87. The molecule has 0 aromatic carbocycles. The van der Waals surface area contributed by atoms with E-state index >= 15 is 0 Å². The second kappa shape index (κ2) is 9.95. The zero-order chi connectivity index (χ0) is 15.8. The minimum absolute atomic E-state index is 0.0353. The van der Waals surface area contributed by atoms with E-state index in [0.717, 1.165) is 0 Å². The van der Waals surface area contributed by atoms with Crippen molar-refractivity contribution in [1.29, 1.82) is 0 Å². The molecule has 0 aromatic rings. The maximum absolute atomic E-state index is 11.0. The Morgan fingerprint density at radius 1 is 0.571 bits per heavy atom. The highest BCUT2D eigenvalue weighted by Crippen LogP contribution is 2.20. The monoisotopic (exact) mass is 360 g/mol. The maximum Gasteiger partial charge on any atom is 0.521 e. The van der Waals surface area contributed by atoms with Gasteiger partial charge in [-0.3, -0.25) is 14.7 Å². The van der Waals surface area contributed by atoms with Crippen LogP contribution in [0.5, 0.6) is 0 Å². The van der Waals surface area contributed by atoms with Gasteiger partial charge in [0.2, 0.25) is 18.9 Å². The van der Waals surface area contributed by atoms with Gasteiger partial charge in [-0.05, 0) is 13.7 Å². The van der Waals surface area contributed by atoms with E-state index in [2.05, 4.69) is 0 Å². The highest BCUT2D eigenvalue weighted by Gasteiger charge is 2.27. The number of rotatable bonds is 6. The van der Waals surface area contributed by atoms with E-state index in [1.165, 1.54) is 0 Å². The Morgan fingerprint density at radius 2 is 0.762 bits per heavy atom. The van der Waals surface area contributed by atoms with Crippen molar-refractivity contribution in [2.75, 3.05) is 58.1 Å². The van der Waals surface area contributed by atoms with Crippen molar-refractivity contribution in [3.8, 4) is 0 Å². The number of hydrogen-bond donors (Lipinski definition) is 3. The highest BCUT2D eigenvalue weighted by molar-refractivity contribution is 7.38. The van der Waals surface area contributed by atoms with Gasteiger partial charge >= 0.3 is 24.1 Å². The molecule has 12 heteroatoms. The SMILES string of the molecule is O=[P+](O)CN1CCN(C[P+](=O)O)CCN(C[P+](=O)O)CC1. The van der Waals surface area contributed by atoms with Crippen LogP contribution in [0.3, 0.4) is 0 Å². The van der Waals surface area contributed by atoms with Crippen LogP contribution in [0, 0.1) is 0 Å². The van der Waals surface area contributed by atoms with Crippen LogP contribution in [0.2, 0.25) is 0 Å². The van der Waals surface area contributed by atoms with Gasteiger partial charge in [-0.15, -0.1) is 0 Å². The average molecular weight is 360 g/mol. The van der Waals surface area contributed by atoms with Crippen molar-refractivity contribution >= 4 is 24.1 Å². The summed E-state index contributed by atoms with van der Waals surface area (Å²) in [5.41, 5.74) is 0. The van der Waals surface area contributed by atoms with Gasteiger partial charge in [-0.25, -0.2) is 0 Å². The lowest BCUT2D eigenvalue weighted by molar-refractivity contribution is 0.252. The van der Waals surface area contributed by atoms with Gasteiger partial charge in [0.1, 0.15) is 0 Å². The normalized spacial score (nSPS) is 22.1. The number of nitrogens with zero attached hydrogens (tertiary/aromatic N) is 3. The Hall–Kier alpha value is 0.0600. The summed E-state index contributed by atoms with van der Waals surface area (Å²) in [5.74, 6) is 0. The van der Waals surface area contributed by atoms with Crippen molar-refractivity contribution in [2.24, 2.45) is 0 Å². The predicted octanol–water partition coefficient (Wildman–Crippen LogP) is -0.0174. The summed E-state index contributed by atoms with van der Waals surface area (Å²) in [6, 6.07) is 0. The summed E-state index contributed by atoms with van der Waals surface area (Å²) in [5, 5.41) is 0. The van der Waals surface area contributed by atoms with E-state index in [4.69, 9.17) is 14.7 Å². The minimum Gasteiger partial charge on any atom is -0.257 e. The van der Waals surface area contributed by atoms with Gasteiger partial charge in [0.05, 0.1) is 0 Å². The maximum atomic E-state index is 11.0. The van der Waals surface area contributed by atoms with Crippen LogP contribution in [0.1, 0.15) is 0 Å². The molecule has 1 aliphatic rings. The molecule has 1 rings (SSSR count). The van der Waals surface area contributed by atoms with E-state index in [0.29, 0.717) is 39.3 Å². The largest absolute Gasteiger partial charge is 0.521 e. The zero-order valence-electron chi connectivity index (χ0n) is 11.6. The van der Waals surface area contributed by atoms with Crippen LogP contribution in [0.4, 0.5) is 0 Å². The summed E-state index contributed by atoms with van der Waals surface area (Å²) in [6.45, 7) is 3.11. The first-order chi connectivity index (χ1) is 9.86. The van der Waals surface area contributed by atoms with Gasteiger partial charge in [0.25, 0.3) is 0 Å². The molecular formula is C9H21N3O6P3+3. The number of hydrogen-bond acceptors (Lipinski definition) is 6. The Balaban J connectivity index is 2.68. The third-order valence-corrected chi connectivity index (χ3v) is 5.09. The fourth-order valence-electron chi connectivity index (χ4n) is 2.12.